The van der Waals surface area contributed by atoms with Crippen molar-refractivity contribution in [1.82, 2.24) is 15.2 Å². The molecule has 0 radical (unpaired) electrons. The van der Waals surface area contributed by atoms with E-state index in [0.717, 1.165) is 26.1 Å². The molecule has 1 aromatic carbocycles. The maximum atomic E-state index is 5.68. The highest BCUT2D eigenvalue weighted by Gasteiger charge is 2.04. The van der Waals surface area contributed by atoms with Gasteiger partial charge in [0.05, 0.1) is 11.7 Å². The van der Waals surface area contributed by atoms with Gasteiger partial charge >= 0.3 is 0 Å². The van der Waals surface area contributed by atoms with Crippen molar-refractivity contribution in [1.29, 1.82) is 0 Å². The van der Waals surface area contributed by atoms with Crippen LogP contribution in [0.4, 0.5) is 0 Å². The van der Waals surface area contributed by atoms with Crippen LogP contribution in [-0.4, -0.2) is 15.2 Å². The van der Waals surface area contributed by atoms with E-state index in [1.807, 2.05) is 30.3 Å². The van der Waals surface area contributed by atoms with E-state index in [1.54, 1.807) is 12.4 Å². The Morgan fingerprint density at radius 3 is 2.94 bits per heavy atom. The van der Waals surface area contributed by atoms with Gasteiger partial charge < -0.3 is 4.74 Å². The minimum Gasteiger partial charge on any atom is -0.456 e. The van der Waals surface area contributed by atoms with Crippen LogP contribution in [0.3, 0.4) is 0 Å². The summed E-state index contributed by atoms with van der Waals surface area (Å²) in [6.07, 6.45) is 3.40. The van der Waals surface area contributed by atoms with Crippen LogP contribution < -0.4 is 4.74 Å². The molecule has 5 heteroatoms. The van der Waals surface area contributed by atoms with Crippen LogP contribution in [0.25, 0.3) is 10.9 Å². The lowest BCUT2D eigenvalue weighted by atomic mass is 10.2. The number of fused-ring (bicyclic) bond motifs is 1. The number of ether oxygens (including phenoxy) is 1. The molecular formula is C12H8IN3O. The number of aromatic amines is 1. The second kappa shape index (κ2) is 4.33. The second-order valence-electron chi connectivity index (χ2n) is 3.51. The van der Waals surface area contributed by atoms with Gasteiger partial charge in [-0.3, -0.25) is 10.1 Å². The molecule has 3 rings (SSSR count). The Kier molecular flexibility index (Phi) is 2.68. The molecule has 1 N–H and O–H groups in total. The fourth-order valence-corrected chi connectivity index (χ4v) is 2.16. The maximum Gasteiger partial charge on any atom is 0.145 e. The number of hydrogen-bond donors (Lipinski definition) is 1. The van der Waals surface area contributed by atoms with Gasteiger partial charge in [-0.25, -0.2) is 0 Å². The summed E-state index contributed by atoms with van der Waals surface area (Å²) in [6, 6.07) is 9.55. The van der Waals surface area contributed by atoms with Crippen LogP contribution in [0, 0.1) is 3.70 Å². The molecule has 2 aromatic heterocycles. The van der Waals surface area contributed by atoms with Gasteiger partial charge in [0.1, 0.15) is 15.2 Å². The number of aromatic nitrogens is 3. The van der Waals surface area contributed by atoms with Crippen molar-refractivity contribution >= 4 is 33.5 Å². The summed E-state index contributed by atoms with van der Waals surface area (Å²) in [4.78, 5) is 4.00. The Balaban J connectivity index is 1.96. The highest BCUT2D eigenvalue weighted by atomic mass is 127. The molecular weight excluding hydrogens is 329 g/mol. The zero-order valence-corrected chi connectivity index (χ0v) is 10.9. The van der Waals surface area contributed by atoms with E-state index >= 15 is 0 Å². The van der Waals surface area contributed by atoms with E-state index < -0.39 is 0 Å². The summed E-state index contributed by atoms with van der Waals surface area (Å²) >= 11 is 2.20. The molecule has 0 aliphatic rings. The summed E-state index contributed by atoms with van der Waals surface area (Å²) in [5, 5.41) is 8.20. The predicted octanol–water partition coefficient (Wildman–Crippen LogP) is 3.35. The number of nitrogens with zero attached hydrogens (tertiary/aromatic N) is 2. The SMILES string of the molecule is Ic1n[nH]c2cc(Oc3cccnc3)ccc12. The summed E-state index contributed by atoms with van der Waals surface area (Å²) in [5.41, 5.74) is 0.968. The van der Waals surface area contributed by atoms with Crippen molar-refractivity contribution in [3.63, 3.8) is 0 Å². The average molecular weight is 337 g/mol. The summed E-state index contributed by atoms with van der Waals surface area (Å²) in [7, 11) is 0. The van der Waals surface area contributed by atoms with E-state index in [1.165, 1.54) is 0 Å². The van der Waals surface area contributed by atoms with Crippen LogP contribution in [0.1, 0.15) is 0 Å². The molecule has 84 valence electrons. The van der Waals surface area contributed by atoms with Crippen molar-refractivity contribution in [2.45, 2.75) is 0 Å². The van der Waals surface area contributed by atoms with Crippen LogP contribution in [0.15, 0.2) is 42.7 Å². The van der Waals surface area contributed by atoms with Gasteiger partial charge in [-0.15, -0.1) is 0 Å². The fraction of sp³-hybridized carbons (Fsp3) is 0. The number of rotatable bonds is 2. The largest absolute Gasteiger partial charge is 0.456 e. The lowest BCUT2D eigenvalue weighted by molar-refractivity contribution is 0.481. The van der Waals surface area contributed by atoms with Crippen molar-refractivity contribution in [2.24, 2.45) is 0 Å². The number of H-pyrrole nitrogens is 1. The fourth-order valence-electron chi connectivity index (χ4n) is 1.57. The second-order valence-corrected chi connectivity index (χ2v) is 4.53. The molecule has 3 aromatic rings. The van der Waals surface area contributed by atoms with Gasteiger partial charge in [-0.2, -0.15) is 5.10 Å². The highest BCUT2D eigenvalue weighted by Crippen LogP contribution is 2.25. The smallest absolute Gasteiger partial charge is 0.145 e. The van der Waals surface area contributed by atoms with Gasteiger partial charge in [0.2, 0.25) is 0 Å². The first-order valence-corrected chi connectivity index (χ1v) is 6.12. The van der Waals surface area contributed by atoms with E-state index in [-0.39, 0.29) is 0 Å². The average Bonchev–Trinajstić information content (AvgIpc) is 2.72. The third-order valence-corrected chi connectivity index (χ3v) is 3.18. The number of hydrogen-bond acceptors (Lipinski definition) is 3. The number of halogens is 1. The molecule has 17 heavy (non-hydrogen) atoms. The molecule has 0 aliphatic heterocycles. The number of benzene rings is 1. The molecule has 0 unspecified atom stereocenters. The Morgan fingerprint density at radius 1 is 1.18 bits per heavy atom. The molecule has 2 heterocycles. The Hall–Kier alpha value is -1.63. The molecule has 0 bridgehead atoms. The van der Waals surface area contributed by atoms with Crippen molar-refractivity contribution in [2.75, 3.05) is 0 Å². The third kappa shape index (κ3) is 2.10. The minimum absolute atomic E-state index is 0.723. The first kappa shape index (κ1) is 10.5. The normalized spacial score (nSPS) is 10.6. The lowest BCUT2D eigenvalue weighted by Gasteiger charge is -2.04. The third-order valence-electron chi connectivity index (χ3n) is 2.36. The van der Waals surface area contributed by atoms with Gasteiger partial charge in [-0.1, -0.05) is 0 Å². The van der Waals surface area contributed by atoms with Gasteiger partial charge in [0.15, 0.2) is 0 Å². The molecule has 0 atom stereocenters. The Morgan fingerprint density at radius 2 is 2.12 bits per heavy atom. The quantitative estimate of drug-likeness (QED) is 0.730. The van der Waals surface area contributed by atoms with Crippen molar-refractivity contribution < 1.29 is 4.74 Å². The highest BCUT2D eigenvalue weighted by molar-refractivity contribution is 14.1. The first-order valence-electron chi connectivity index (χ1n) is 5.04. The Labute approximate surface area is 111 Å². The summed E-state index contributed by atoms with van der Waals surface area (Å²) in [6.45, 7) is 0. The summed E-state index contributed by atoms with van der Waals surface area (Å²) < 4.78 is 6.65. The first-order chi connectivity index (χ1) is 8.33. The number of nitrogens with one attached hydrogen (secondary N) is 1. The van der Waals surface area contributed by atoms with E-state index in [2.05, 4.69) is 37.8 Å². The van der Waals surface area contributed by atoms with Crippen molar-refractivity contribution in [3.8, 4) is 11.5 Å². The zero-order chi connectivity index (χ0) is 11.7. The van der Waals surface area contributed by atoms with E-state index in [4.69, 9.17) is 4.74 Å². The van der Waals surface area contributed by atoms with Gasteiger partial charge in [0.25, 0.3) is 0 Å². The topological polar surface area (TPSA) is 50.8 Å². The zero-order valence-electron chi connectivity index (χ0n) is 8.72. The molecule has 4 nitrogen and oxygen atoms in total. The van der Waals surface area contributed by atoms with Crippen LogP contribution in [0.5, 0.6) is 11.5 Å². The predicted molar refractivity (Wildman–Crippen MR) is 73.1 cm³/mol. The number of pyridine rings is 1. The Bertz CT molecular complexity index is 651. The molecule has 0 amide bonds. The van der Waals surface area contributed by atoms with E-state index in [0.29, 0.717) is 0 Å². The molecule has 0 saturated heterocycles. The van der Waals surface area contributed by atoms with Gasteiger partial charge in [-0.05, 0) is 46.9 Å². The van der Waals surface area contributed by atoms with Crippen LogP contribution in [0.2, 0.25) is 0 Å². The monoisotopic (exact) mass is 337 g/mol. The molecule has 0 spiro atoms. The molecule has 0 fully saturated rings. The minimum atomic E-state index is 0.723. The van der Waals surface area contributed by atoms with Crippen LogP contribution >= 0.6 is 22.6 Å². The molecule has 0 aliphatic carbocycles. The standard InChI is InChI=1S/C12H8IN3O/c13-12-10-4-3-8(6-11(10)15-16-12)17-9-2-1-5-14-7-9/h1-7H,(H,15,16). The van der Waals surface area contributed by atoms with E-state index in [9.17, 15) is 0 Å². The van der Waals surface area contributed by atoms with Crippen LogP contribution in [-0.2, 0) is 0 Å². The summed E-state index contributed by atoms with van der Waals surface area (Å²) in [5.74, 6) is 1.49. The molecule has 0 saturated carbocycles. The maximum absolute atomic E-state index is 5.68. The van der Waals surface area contributed by atoms with Crippen molar-refractivity contribution in [3.05, 3.63) is 46.4 Å². The lowest BCUT2D eigenvalue weighted by Crippen LogP contribution is -1.84. The van der Waals surface area contributed by atoms with Gasteiger partial charge in [0, 0.05) is 17.6 Å².